The van der Waals surface area contributed by atoms with Crippen molar-refractivity contribution < 1.29 is 13.5 Å². The number of anilines is 1. The highest BCUT2D eigenvalue weighted by Gasteiger charge is 2.19. The standard InChI is InChI=1S/C10H15ClN2O3S/c1-6(14)5-13-17(15,16)10-4-8(11)3-9(12)7(10)2/h3-4,6,13-14H,5,12H2,1-2H3/t6-/m1/s1. The molecule has 0 spiro atoms. The van der Waals surface area contributed by atoms with E-state index >= 15 is 0 Å². The Bertz CT molecular complexity index is 515. The van der Waals surface area contributed by atoms with Gasteiger partial charge in [-0.3, -0.25) is 0 Å². The fourth-order valence-corrected chi connectivity index (χ4v) is 2.97. The zero-order valence-electron chi connectivity index (χ0n) is 9.57. The van der Waals surface area contributed by atoms with Gasteiger partial charge in [0.05, 0.1) is 11.0 Å². The Morgan fingerprint density at radius 1 is 1.53 bits per heavy atom. The third kappa shape index (κ3) is 3.57. The number of halogens is 1. The Morgan fingerprint density at radius 2 is 2.12 bits per heavy atom. The molecule has 17 heavy (non-hydrogen) atoms. The van der Waals surface area contributed by atoms with Crippen molar-refractivity contribution in [2.45, 2.75) is 24.8 Å². The first-order valence-corrected chi connectivity index (χ1v) is 6.83. The quantitative estimate of drug-likeness (QED) is 0.713. The fourth-order valence-electron chi connectivity index (χ4n) is 1.26. The number of aliphatic hydroxyl groups excluding tert-OH is 1. The summed E-state index contributed by atoms with van der Waals surface area (Å²) >= 11 is 5.77. The van der Waals surface area contributed by atoms with E-state index in [1.165, 1.54) is 19.1 Å². The van der Waals surface area contributed by atoms with Crippen LogP contribution in [0.1, 0.15) is 12.5 Å². The van der Waals surface area contributed by atoms with Crippen LogP contribution in [0.2, 0.25) is 5.02 Å². The summed E-state index contributed by atoms with van der Waals surface area (Å²) in [4.78, 5) is 0.0307. The smallest absolute Gasteiger partial charge is 0.241 e. The summed E-state index contributed by atoms with van der Waals surface area (Å²) in [6.07, 6.45) is -0.762. The molecular formula is C10H15ClN2O3S. The molecule has 0 fully saturated rings. The Balaban J connectivity index is 3.15. The summed E-state index contributed by atoms with van der Waals surface area (Å²) in [6.45, 7) is 3.03. The van der Waals surface area contributed by atoms with Gasteiger partial charge in [0.2, 0.25) is 10.0 Å². The lowest BCUT2D eigenvalue weighted by Gasteiger charge is -2.12. The largest absolute Gasteiger partial charge is 0.398 e. The molecule has 0 bridgehead atoms. The van der Waals surface area contributed by atoms with E-state index in [1.807, 2.05) is 0 Å². The van der Waals surface area contributed by atoms with Gasteiger partial charge in [0.15, 0.2) is 0 Å². The molecule has 1 atom stereocenters. The van der Waals surface area contributed by atoms with E-state index in [2.05, 4.69) is 4.72 Å². The molecule has 1 aromatic rings. The maximum absolute atomic E-state index is 11.9. The molecule has 0 saturated carbocycles. The molecule has 0 heterocycles. The molecule has 4 N–H and O–H groups in total. The van der Waals surface area contributed by atoms with Crippen molar-refractivity contribution in [2.75, 3.05) is 12.3 Å². The second kappa shape index (κ2) is 5.22. The molecule has 0 radical (unpaired) electrons. The van der Waals surface area contributed by atoms with Crippen LogP contribution in [0.5, 0.6) is 0 Å². The van der Waals surface area contributed by atoms with E-state index in [9.17, 15) is 8.42 Å². The van der Waals surface area contributed by atoms with E-state index in [0.29, 0.717) is 11.3 Å². The predicted molar refractivity (Wildman–Crippen MR) is 67.5 cm³/mol. The predicted octanol–water partition coefficient (Wildman–Crippen LogP) is 0.890. The maximum atomic E-state index is 11.9. The zero-order valence-corrected chi connectivity index (χ0v) is 11.1. The highest BCUT2D eigenvalue weighted by atomic mass is 35.5. The number of nitrogens with one attached hydrogen (secondary N) is 1. The van der Waals surface area contributed by atoms with E-state index in [-0.39, 0.29) is 16.5 Å². The van der Waals surface area contributed by atoms with Crippen LogP contribution in [0.25, 0.3) is 0 Å². The molecule has 96 valence electrons. The maximum Gasteiger partial charge on any atom is 0.241 e. The molecule has 1 aromatic carbocycles. The van der Waals surface area contributed by atoms with Crippen LogP contribution >= 0.6 is 11.6 Å². The van der Waals surface area contributed by atoms with Gasteiger partial charge in [0.25, 0.3) is 0 Å². The molecule has 0 aliphatic carbocycles. The van der Waals surface area contributed by atoms with Crippen molar-refractivity contribution >= 4 is 27.3 Å². The van der Waals surface area contributed by atoms with E-state index in [0.717, 1.165) is 0 Å². The number of nitrogens with two attached hydrogens (primary N) is 1. The Morgan fingerprint density at radius 3 is 2.65 bits per heavy atom. The highest BCUT2D eigenvalue weighted by Crippen LogP contribution is 2.25. The number of aliphatic hydroxyl groups is 1. The van der Waals surface area contributed by atoms with Crippen molar-refractivity contribution in [3.8, 4) is 0 Å². The Hall–Kier alpha value is -0.820. The van der Waals surface area contributed by atoms with Gasteiger partial charge >= 0.3 is 0 Å². The van der Waals surface area contributed by atoms with E-state index in [4.69, 9.17) is 22.4 Å². The van der Waals surface area contributed by atoms with Crippen LogP contribution < -0.4 is 10.5 Å². The summed E-state index contributed by atoms with van der Waals surface area (Å²) in [5.41, 5.74) is 6.40. The first-order chi connectivity index (χ1) is 7.74. The average molecular weight is 279 g/mol. The SMILES string of the molecule is Cc1c(N)cc(Cl)cc1S(=O)(=O)NC[C@@H](C)O. The topological polar surface area (TPSA) is 92.4 Å². The lowest BCUT2D eigenvalue weighted by Crippen LogP contribution is -2.31. The highest BCUT2D eigenvalue weighted by molar-refractivity contribution is 7.89. The molecule has 0 aromatic heterocycles. The lowest BCUT2D eigenvalue weighted by atomic mass is 10.2. The third-order valence-electron chi connectivity index (χ3n) is 2.22. The molecule has 0 aliphatic rings. The van der Waals surface area contributed by atoms with Gasteiger partial charge in [0, 0.05) is 17.3 Å². The first kappa shape index (κ1) is 14.2. The summed E-state index contributed by atoms with van der Waals surface area (Å²) < 4.78 is 26.1. The minimum atomic E-state index is -3.71. The van der Waals surface area contributed by atoms with Crippen LogP contribution in [0.4, 0.5) is 5.69 Å². The fraction of sp³-hybridized carbons (Fsp3) is 0.400. The summed E-state index contributed by atoms with van der Waals surface area (Å²) in [5, 5.41) is 9.32. The van der Waals surface area contributed by atoms with Crippen molar-refractivity contribution in [3.63, 3.8) is 0 Å². The number of hydrogen-bond donors (Lipinski definition) is 3. The second-order valence-electron chi connectivity index (χ2n) is 3.82. The molecule has 1 rings (SSSR count). The third-order valence-corrected chi connectivity index (χ3v) is 3.99. The van der Waals surface area contributed by atoms with Gasteiger partial charge in [-0.2, -0.15) is 0 Å². The van der Waals surface area contributed by atoms with Crippen molar-refractivity contribution in [1.29, 1.82) is 0 Å². The summed E-state index contributed by atoms with van der Waals surface area (Å²) in [5.74, 6) is 0. The van der Waals surface area contributed by atoms with E-state index < -0.39 is 16.1 Å². The number of hydrogen-bond acceptors (Lipinski definition) is 4. The van der Waals surface area contributed by atoms with Crippen molar-refractivity contribution in [3.05, 3.63) is 22.7 Å². The van der Waals surface area contributed by atoms with Crippen LogP contribution in [0, 0.1) is 6.92 Å². The van der Waals surface area contributed by atoms with Gasteiger partial charge in [-0.1, -0.05) is 11.6 Å². The summed E-state index contributed by atoms with van der Waals surface area (Å²) in [7, 11) is -3.71. The average Bonchev–Trinajstić information content (AvgIpc) is 2.20. The minimum Gasteiger partial charge on any atom is -0.398 e. The normalized spacial score (nSPS) is 13.6. The molecule has 5 nitrogen and oxygen atoms in total. The molecular weight excluding hydrogens is 264 g/mol. The van der Waals surface area contributed by atoms with E-state index in [1.54, 1.807) is 6.92 Å². The number of benzene rings is 1. The Kier molecular flexibility index (Phi) is 4.37. The number of nitrogen functional groups attached to an aromatic ring is 1. The molecule has 0 unspecified atom stereocenters. The lowest BCUT2D eigenvalue weighted by molar-refractivity contribution is 0.198. The zero-order chi connectivity index (χ0) is 13.2. The summed E-state index contributed by atoms with van der Waals surface area (Å²) in [6, 6.07) is 2.82. The van der Waals surface area contributed by atoms with Gasteiger partial charge in [0.1, 0.15) is 0 Å². The van der Waals surface area contributed by atoms with Crippen molar-refractivity contribution in [1.82, 2.24) is 4.72 Å². The van der Waals surface area contributed by atoms with Crippen LogP contribution in [-0.2, 0) is 10.0 Å². The molecule has 0 amide bonds. The van der Waals surface area contributed by atoms with Gasteiger partial charge < -0.3 is 10.8 Å². The van der Waals surface area contributed by atoms with Crippen LogP contribution in [0.15, 0.2) is 17.0 Å². The molecule has 0 aliphatic heterocycles. The van der Waals surface area contributed by atoms with Gasteiger partial charge in [-0.15, -0.1) is 0 Å². The first-order valence-electron chi connectivity index (χ1n) is 4.97. The second-order valence-corrected chi connectivity index (χ2v) is 5.99. The monoisotopic (exact) mass is 278 g/mol. The molecule has 7 heteroatoms. The van der Waals surface area contributed by atoms with Crippen molar-refractivity contribution in [2.24, 2.45) is 0 Å². The minimum absolute atomic E-state index is 0.0307. The number of rotatable bonds is 4. The molecule has 0 saturated heterocycles. The van der Waals surface area contributed by atoms with Gasteiger partial charge in [-0.05, 0) is 31.5 Å². The van der Waals surface area contributed by atoms with Gasteiger partial charge in [-0.25, -0.2) is 13.1 Å². The van der Waals surface area contributed by atoms with Crippen LogP contribution in [-0.4, -0.2) is 26.2 Å². The van der Waals surface area contributed by atoms with Crippen LogP contribution in [0.3, 0.4) is 0 Å². The Labute approximate surface area is 106 Å². The number of sulfonamides is 1.